The Bertz CT molecular complexity index is 439. The molecule has 0 bridgehead atoms. The van der Waals surface area contributed by atoms with Crippen molar-refractivity contribution in [2.24, 2.45) is 0 Å². The second-order valence-corrected chi connectivity index (χ2v) is 2.74. The van der Waals surface area contributed by atoms with Crippen LogP contribution in [-0.4, -0.2) is 0 Å². The highest BCUT2D eigenvalue weighted by molar-refractivity contribution is 7.71. The zero-order valence-corrected chi connectivity index (χ0v) is 6.77. The molecule has 56 valence electrons. The van der Waals surface area contributed by atoms with Crippen molar-refractivity contribution in [3.8, 4) is 0 Å². The maximum Gasteiger partial charge on any atom is 0.363 e. The standard InChI is InChI=1S/C8H6O2S/c1-5-2-3-6-7(4-5)10-8(11)9-6/h2-4H,1H3. The van der Waals surface area contributed by atoms with Crippen molar-refractivity contribution < 1.29 is 8.83 Å². The minimum atomic E-state index is 0.186. The molecule has 3 heteroatoms. The van der Waals surface area contributed by atoms with Gasteiger partial charge in [0, 0.05) is 12.2 Å². The summed E-state index contributed by atoms with van der Waals surface area (Å²) in [5, 5.41) is 0. The average Bonchev–Trinajstić information content (AvgIpc) is 2.27. The van der Waals surface area contributed by atoms with E-state index in [-0.39, 0.29) is 4.90 Å². The molecular weight excluding hydrogens is 160 g/mol. The molecule has 0 radical (unpaired) electrons. The van der Waals surface area contributed by atoms with Gasteiger partial charge >= 0.3 is 4.90 Å². The van der Waals surface area contributed by atoms with Gasteiger partial charge in [0.05, 0.1) is 0 Å². The molecule has 2 rings (SSSR count). The Morgan fingerprint density at radius 2 is 1.91 bits per heavy atom. The van der Waals surface area contributed by atoms with E-state index >= 15 is 0 Å². The van der Waals surface area contributed by atoms with Gasteiger partial charge in [0.2, 0.25) is 0 Å². The molecule has 0 spiro atoms. The predicted molar refractivity (Wildman–Crippen MR) is 44.1 cm³/mol. The van der Waals surface area contributed by atoms with E-state index in [0.717, 1.165) is 11.1 Å². The van der Waals surface area contributed by atoms with Crippen molar-refractivity contribution in [1.29, 1.82) is 0 Å². The topological polar surface area (TPSA) is 26.3 Å². The number of fused-ring (bicyclic) bond motifs is 1. The number of hydrogen-bond acceptors (Lipinski definition) is 3. The molecule has 11 heavy (non-hydrogen) atoms. The lowest BCUT2D eigenvalue weighted by Gasteiger charge is -1.86. The zero-order chi connectivity index (χ0) is 7.84. The number of rotatable bonds is 0. The number of aryl methyl sites for hydroxylation is 1. The van der Waals surface area contributed by atoms with Crippen LogP contribution < -0.4 is 0 Å². The second kappa shape index (κ2) is 2.20. The first-order valence-corrected chi connectivity index (χ1v) is 3.67. The summed E-state index contributed by atoms with van der Waals surface area (Å²) < 4.78 is 10.2. The number of hydrogen-bond donors (Lipinski definition) is 0. The summed E-state index contributed by atoms with van der Waals surface area (Å²) in [4.78, 5) is 0.186. The van der Waals surface area contributed by atoms with Gasteiger partial charge in [-0.1, -0.05) is 6.07 Å². The number of benzene rings is 1. The van der Waals surface area contributed by atoms with Gasteiger partial charge in [0.1, 0.15) is 0 Å². The molecule has 0 unspecified atom stereocenters. The minimum absolute atomic E-state index is 0.186. The van der Waals surface area contributed by atoms with Crippen LogP contribution in [0, 0.1) is 11.8 Å². The summed E-state index contributed by atoms with van der Waals surface area (Å²) in [6.07, 6.45) is 0. The fourth-order valence-electron chi connectivity index (χ4n) is 0.980. The molecule has 0 saturated carbocycles. The van der Waals surface area contributed by atoms with E-state index in [9.17, 15) is 0 Å². The summed E-state index contributed by atoms with van der Waals surface area (Å²) in [6.45, 7) is 1.99. The van der Waals surface area contributed by atoms with Gasteiger partial charge in [-0.15, -0.1) is 0 Å². The first-order chi connectivity index (χ1) is 5.25. The maximum absolute atomic E-state index is 5.10. The Kier molecular flexibility index (Phi) is 1.32. The van der Waals surface area contributed by atoms with E-state index in [0.29, 0.717) is 5.58 Å². The maximum atomic E-state index is 5.10. The zero-order valence-electron chi connectivity index (χ0n) is 5.96. The predicted octanol–water partition coefficient (Wildman–Crippen LogP) is 3.06. The van der Waals surface area contributed by atoms with Crippen LogP contribution in [0.1, 0.15) is 5.56 Å². The third-order valence-electron chi connectivity index (χ3n) is 1.49. The third kappa shape index (κ3) is 1.07. The molecule has 2 aromatic rings. The molecule has 0 fully saturated rings. The molecule has 1 heterocycles. The molecule has 0 N–H and O–H groups in total. The van der Waals surface area contributed by atoms with Crippen LogP contribution in [0.25, 0.3) is 11.2 Å². The Morgan fingerprint density at radius 1 is 1.18 bits per heavy atom. The van der Waals surface area contributed by atoms with Crippen LogP contribution in [-0.2, 0) is 0 Å². The average molecular weight is 166 g/mol. The van der Waals surface area contributed by atoms with Crippen molar-refractivity contribution in [2.75, 3.05) is 0 Å². The lowest BCUT2D eigenvalue weighted by Crippen LogP contribution is -1.67. The third-order valence-corrected chi connectivity index (χ3v) is 1.65. The highest BCUT2D eigenvalue weighted by Crippen LogP contribution is 2.17. The van der Waals surface area contributed by atoms with Gasteiger partial charge in [0.15, 0.2) is 11.2 Å². The molecule has 1 aromatic heterocycles. The molecule has 1 aromatic carbocycles. The summed E-state index contributed by atoms with van der Waals surface area (Å²) in [6, 6.07) is 5.70. The van der Waals surface area contributed by atoms with E-state index in [1.807, 2.05) is 25.1 Å². The minimum Gasteiger partial charge on any atom is -0.413 e. The van der Waals surface area contributed by atoms with Crippen LogP contribution in [0.5, 0.6) is 0 Å². The fraction of sp³-hybridized carbons (Fsp3) is 0.125. The van der Waals surface area contributed by atoms with Gasteiger partial charge in [-0.25, -0.2) is 0 Å². The Hall–Kier alpha value is -1.09. The molecule has 0 aliphatic carbocycles. The molecular formula is C8H6O2S. The van der Waals surface area contributed by atoms with Crippen LogP contribution in [0.15, 0.2) is 27.0 Å². The van der Waals surface area contributed by atoms with Crippen molar-refractivity contribution in [3.05, 3.63) is 28.7 Å². The fourth-order valence-corrected chi connectivity index (χ4v) is 1.16. The van der Waals surface area contributed by atoms with E-state index in [2.05, 4.69) is 0 Å². The monoisotopic (exact) mass is 166 g/mol. The Labute approximate surface area is 68.4 Å². The Morgan fingerprint density at radius 3 is 2.73 bits per heavy atom. The van der Waals surface area contributed by atoms with Gasteiger partial charge in [-0.05, 0) is 24.6 Å². The van der Waals surface area contributed by atoms with Gasteiger partial charge in [-0.3, -0.25) is 0 Å². The highest BCUT2D eigenvalue weighted by Gasteiger charge is 1.99. The first kappa shape index (κ1) is 6.61. The van der Waals surface area contributed by atoms with E-state index < -0.39 is 0 Å². The summed E-state index contributed by atoms with van der Waals surface area (Å²) in [5.41, 5.74) is 2.56. The molecule has 0 aliphatic rings. The molecule has 0 atom stereocenters. The summed E-state index contributed by atoms with van der Waals surface area (Å²) in [7, 11) is 0. The normalized spacial score (nSPS) is 10.6. The quantitative estimate of drug-likeness (QED) is 0.562. The molecule has 0 saturated heterocycles. The van der Waals surface area contributed by atoms with Crippen LogP contribution >= 0.6 is 12.2 Å². The SMILES string of the molecule is Cc1ccc2oc(=S)oc2c1. The van der Waals surface area contributed by atoms with E-state index in [4.69, 9.17) is 21.1 Å². The largest absolute Gasteiger partial charge is 0.413 e. The molecule has 0 amide bonds. The van der Waals surface area contributed by atoms with E-state index in [1.165, 1.54) is 0 Å². The van der Waals surface area contributed by atoms with Crippen molar-refractivity contribution >= 4 is 23.4 Å². The summed E-state index contributed by atoms with van der Waals surface area (Å²) in [5.74, 6) is 0. The van der Waals surface area contributed by atoms with Crippen LogP contribution in [0.4, 0.5) is 0 Å². The summed E-state index contributed by atoms with van der Waals surface area (Å²) >= 11 is 4.72. The van der Waals surface area contributed by atoms with Crippen molar-refractivity contribution in [3.63, 3.8) is 0 Å². The first-order valence-electron chi connectivity index (χ1n) is 3.26. The smallest absolute Gasteiger partial charge is 0.363 e. The molecule has 0 aliphatic heterocycles. The lowest BCUT2D eigenvalue weighted by atomic mass is 10.2. The van der Waals surface area contributed by atoms with Gasteiger partial charge in [0.25, 0.3) is 0 Å². The van der Waals surface area contributed by atoms with Gasteiger partial charge < -0.3 is 8.83 Å². The second-order valence-electron chi connectivity index (χ2n) is 2.40. The van der Waals surface area contributed by atoms with Gasteiger partial charge in [-0.2, -0.15) is 0 Å². The highest BCUT2D eigenvalue weighted by atomic mass is 32.1. The lowest BCUT2D eigenvalue weighted by molar-refractivity contribution is 0.444. The van der Waals surface area contributed by atoms with Crippen LogP contribution in [0.2, 0.25) is 0 Å². The van der Waals surface area contributed by atoms with Crippen molar-refractivity contribution in [2.45, 2.75) is 6.92 Å². The van der Waals surface area contributed by atoms with Crippen LogP contribution in [0.3, 0.4) is 0 Å². The molecule has 2 nitrogen and oxygen atoms in total. The van der Waals surface area contributed by atoms with E-state index in [1.54, 1.807) is 0 Å². The van der Waals surface area contributed by atoms with Crippen molar-refractivity contribution in [1.82, 2.24) is 0 Å². The Balaban J connectivity index is 2.92.